The van der Waals surface area contributed by atoms with Gasteiger partial charge in [0.25, 0.3) is 0 Å². The van der Waals surface area contributed by atoms with E-state index in [-0.39, 0.29) is 12.4 Å². The maximum absolute atomic E-state index is 10.8. The lowest BCUT2D eigenvalue weighted by molar-refractivity contribution is -0.142. The zero-order chi connectivity index (χ0) is 16.0. The third-order valence-corrected chi connectivity index (χ3v) is 2.75. The minimum Gasteiger partial charge on any atom is -0.490 e. The van der Waals surface area contributed by atoms with Crippen LogP contribution in [-0.4, -0.2) is 44.6 Å². The second-order valence-corrected chi connectivity index (χ2v) is 4.12. The van der Waals surface area contributed by atoms with Gasteiger partial charge >= 0.3 is 5.97 Å². The van der Waals surface area contributed by atoms with Crippen molar-refractivity contribution in [2.45, 2.75) is 6.92 Å². The maximum atomic E-state index is 10.8. The summed E-state index contributed by atoms with van der Waals surface area (Å²) in [5, 5.41) is 8.87. The Morgan fingerprint density at radius 3 is 2.14 bits per heavy atom. The molecule has 0 amide bonds. The number of carbonyl (C=O) groups is 1. The predicted octanol–water partition coefficient (Wildman–Crippen LogP) is 3.11. The molecule has 1 N–H and O–H groups in total. The number of nitrogens with zero attached hydrogens (tertiary/aromatic N) is 4. The van der Waals surface area contributed by atoms with Crippen LogP contribution in [0, 0.1) is 5.92 Å². The molecule has 0 aliphatic heterocycles. The molecule has 0 saturated carbocycles. The molecule has 1 rings (SSSR count). The van der Waals surface area contributed by atoms with E-state index >= 15 is 0 Å². The lowest BCUT2D eigenvalue weighted by Crippen LogP contribution is -2.17. The van der Waals surface area contributed by atoms with Crippen molar-refractivity contribution in [2.24, 2.45) is 25.9 Å². The van der Waals surface area contributed by atoms with Gasteiger partial charge in [0.05, 0.1) is 11.6 Å². The quantitative estimate of drug-likeness (QED) is 0.744. The monoisotopic (exact) mass is 288 g/mol. The van der Waals surface area contributed by atoms with E-state index in [1.807, 2.05) is 0 Å². The number of aliphatic imine (C=N–C) groups is 4. The molecule has 0 aliphatic carbocycles. The predicted molar refractivity (Wildman–Crippen MR) is 85.6 cm³/mol. The van der Waals surface area contributed by atoms with Crippen molar-refractivity contribution in [3.05, 3.63) is 6.07 Å². The average Bonchev–Trinajstić information content (AvgIpc) is 2.50. The zero-order valence-electron chi connectivity index (χ0n) is 11.7. The molecule has 1 unspecified atom stereocenters. The molecule has 0 spiro atoms. The molecule has 7 heteroatoms. The molecule has 21 heavy (non-hydrogen) atoms. The van der Waals surface area contributed by atoms with Crippen molar-refractivity contribution < 1.29 is 14.6 Å². The third kappa shape index (κ3) is 3.38. The molecule has 7 nitrogen and oxygen atoms in total. The molecule has 0 aromatic heterocycles. The number of hydrogen-bond acceptors (Lipinski definition) is 6. The summed E-state index contributed by atoms with van der Waals surface area (Å²) in [5.41, 5.74) is 1.36. The summed E-state index contributed by atoms with van der Waals surface area (Å²) < 4.78 is 5.48. The van der Waals surface area contributed by atoms with Crippen molar-refractivity contribution in [1.29, 1.82) is 0 Å². The summed E-state index contributed by atoms with van der Waals surface area (Å²) in [4.78, 5) is 26.2. The smallest absolute Gasteiger partial charge is 0.309 e. The van der Waals surface area contributed by atoms with E-state index in [4.69, 9.17) is 9.84 Å². The number of hydrogen-bond donors (Lipinski definition) is 1. The van der Waals surface area contributed by atoms with E-state index in [1.54, 1.807) is 0 Å². The molecule has 1 atom stereocenters. The first-order valence-electron chi connectivity index (χ1n) is 5.93. The maximum Gasteiger partial charge on any atom is 0.309 e. The van der Waals surface area contributed by atoms with Crippen molar-refractivity contribution >= 4 is 55.6 Å². The molecule has 0 aliphatic rings. The Kier molecular flexibility index (Phi) is 5.48. The highest BCUT2D eigenvalue weighted by atomic mass is 16.5. The van der Waals surface area contributed by atoms with Gasteiger partial charge in [-0.3, -0.25) is 24.8 Å². The summed E-state index contributed by atoms with van der Waals surface area (Å²) in [6, 6.07) is 1.53. The Balaban J connectivity index is 3.34. The molecule has 0 fully saturated rings. The van der Waals surface area contributed by atoms with Gasteiger partial charge < -0.3 is 9.84 Å². The zero-order valence-corrected chi connectivity index (χ0v) is 11.7. The number of ether oxygens (including phenoxy) is 1. The summed E-state index contributed by atoms with van der Waals surface area (Å²) in [6.45, 7) is 15.3. The lowest BCUT2D eigenvalue weighted by atomic mass is 10.1. The number of carboxylic acid groups (broad SMARTS) is 1. The normalized spacial score (nSPS) is 11.3. The third-order valence-electron chi connectivity index (χ3n) is 2.75. The fourth-order valence-corrected chi connectivity index (χ4v) is 1.59. The summed E-state index contributed by atoms with van der Waals surface area (Å²) in [6.07, 6.45) is 0. The van der Waals surface area contributed by atoms with Gasteiger partial charge in [-0.15, -0.1) is 0 Å². The van der Waals surface area contributed by atoms with E-state index < -0.39 is 11.9 Å². The molecule has 110 valence electrons. The number of carboxylic acids is 1. The lowest BCUT2D eigenvalue weighted by Gasteiger charge is -2.15. The van der Waals surface area contributed by atoms with Crippen LogP contribution in [-0.2, 0) is 4.79 Å². The van der Waals surface area contributed by atoms with Crippen molar-refractivity contribution in [2.75, 3.05) is 6.61 Å². The molecule has 0 heterocycles. The van der Waals surface area contributed by atoms with Gasteiger partial charge in [-0.05, 0) is 33.8 Å². The first-order chi connectivity index (χ1) is 9.99. The van der Waals surface area contributed by atoms with Crippen LogP contribution in [0.25, 0.3) is 0 Å². The van der Waals surface area contributed by atoms with E-state index in [0.29, 0.717) is 22.7 Å². The van der Waals surface area contributed by atoms with Crippen LogP contribution < -0.4 is 4.74 Å². The van der Waals surface area contributed by atoms with E-state index in [2.05, 4.69) is 46.8 Å². The molecule has 0 radical (unpaired) electrons. The minimum absolute atomic E-state index is 0.0358. The summed E-state index contributed by atoms with van der Waals surface area (Å²) >= 11 is 0. The van der Waals surface area contributed by atoms with Gasteiger partial charge in [0.2, 0.25) is 0 Å². The van der Waals surface area contributed by atoms with E-state index in [9.17, 15) is 4.79 Å². The van der Waals surface area contributed by atoms with E-state index in [0.717, 1.165) is 0 Å². The van der Waals surface area contributed by atoms with Crippen LogP contribution in [0.4, 0.5) is 22.7 Å². The van der Waals surface area contributed by atoms with Crippen LogP contribution in [0.1, 0.15) is 6.92 Å². The van der Waals surface area contributed by atoms with Gasteiger partial charge in [-0.2, -0.15) is 0 Å². The highest BCUT2D eigenvalue weighted by molar-refractivity contribution is 5.91. The molecule has 0 saturated heterocycles. The highest BCUT2D eigenvalue weighted by Gasteiger charge is 2.19. The fraction of sp³-hybridized carbons (Fsp3) is 0.214. The average molecular weight is 288 g/mol. The number of aliphatic carboxylic acids is 1. The Morgan fingerprint density at radius 1 is 1.14 bits per heavy atom. The van der Waals surface area contributed by atoms with Gasteiger partial charge in [0.15, 0.2) is 0 Å². The van der Waals surface area contributed by atoms with Gasteiger partial charge in [0.1, 0.15) is 29.4 Å². The standard InChI is InChI=1S/C14H16N4O3/c1-8(14(19)20)7-21-10-6-9(15-2)11(16-3)13(18-5)12(10)17-4/h6,8H,2-5,7H2,1H3,(H,19,20). The van der Waals surface area contributed by atoms with Crippen LogP contribution in [0.3, 0.4) is 0 Å². The van der Waals surface area contributed by atoms with Crippen LogP contribution in [0.2, 0.25) is 0 Å². The van der Waals surface area contributed by atoms with Gasteiger partial charge in [-0.1, -0.05) is 0 Å². The van der Waals surface area contributed by atoms with Crippen molar-refractivity contribution in [1.82, 2.24) is 0 Å². The second kappa shape index (κ2) is 7.09. The summed E-state index contributed by atoms with van der Waals surface area (Å²) in [5.74, 6) is -1.35. The largest absolute Gasteiger partial charge is 0.490 e. The van der Waals surface area contributed by atoms with Crippen molar-refractivity contribution in [3.8, 4) is 5.75 Å². The Hall–Kier alpha value is -2.83. The van der Waals surface area contributed by atoms with Crippen LogP contribution >= 0.6 is 0 Å². The number of rotatable bonds is 8. The minimum atomic E-state index is -0.961. The first-order valence-corrected chi connectivity index (χ1v) is 5.93. The Labute approximate surface area is 122 Å². The first kappa shape index (κ1) is 16.2. The molecular weight excluding hydrogens is 272 g/mol. The van der Waals surface area contributed by atoms with Crippen LogP contribution in [0.15, 0.2) is 26.0 Å². The topological polar surface area (TPSA) is 96.0 Å². The molecular formula is C14H16N4O3. The Morgan fingerprint density at radius 2 is 1.71 bits per heavy atom. The fourth-order valence-electron chi connectivity index (χ4n) is 1.59. The van der Waals surface area contributed by atoms with Crippen molar-refractivity contribution in [3.63, 3.8) is 0 Å². The molecule has 0 bridgehead atoms. The van der Waals surface area contributed by atoms with E-state index in [1.165, 1.54) is 13.0 Å². The Bertz CT molecular complexity index is 611. The van der Waals surface area contributed by atoms with Gasteiger partial charge in [0, 0.05) is 6.07 Å². The summed E-state index contributed by atoms with van der Waals surface area (Å²) in [7, 11) is 0. The number of benzene rings is 1. The second-order valence-electron chi connectivity index (χ2n) is 4.12. The molecule has 1 aromatic rings. The highest BCUT2D eigenvalue weighted by Crippen LogP contribution is 2.49. The molecule has 1 aromatic carbocycles. The SMILES string of the molecule is C=Nc1cc(OCC(C)C(=O)O)c(N=C)c(N=C)c1N=C. The van der Waals surface area contributed by atoms with Gasteiger partial charge in [-0.25, -0.2) is 0 Å². The van der Waals surface area contributed by atoms with Crippen LogP contribution in [0.5, 0.6) is 5.75 Å².